The maximum absolute atomic E-state index is 12.8. The molecule has 0 saturated carbocycles. The molecule has 2 heterocycles. The van der Waals surface area contributed by atoms with Crippen molar-refractivity contribution in [2.24, 2.45) is 0 Å². The summed E-state index contributed by atoms with van der Waals surface area (Å²) in [5, 5.41) is 8.82. The van der Waals surface area contributed by atoms with E-state index >= 15 is 0 Å². The number of ether oxygens (including phenoxy) is 1. The van der Waals surface area contributed by atoms with Crippen molar-refractivity contribution in [1.29, 1.82) is 0 Å². The average molecular weight is 416 g/mol. The Morgan fingerprint density at radius 1 is 0.839 bits per heavy atom. The molecule has 2 aromatic carbocycles. The van der Waals surface area contributed by atoms with Crippen LogP contribution in [0, 0.1) is 6.92 Å². The van der Waals surface area contributed by atoms with Crippen LogP contribution >= 0.6 is 0 Å². The van der Waals surface area contributed by atoms with Crippen LogP contribution < -0.4 is 4.90 Å². The molecule has 0 aliphatic carbocycles. The molecule has 0 N–H and O–H groups in total. The fourth-order valence-corrected chi connectivity index (χ4v) is 3.69. The first-order valence-electron chi connectivity index (χ1n) is 10.2. The molecule has 7 nitrogen and oxygen atoms in total. The molecule has 0 unspecified atom stereocenters. The number of rotatable bonds is 4. The highest BCUT2D eigenvalue weighted by molar-refractivity contribution is 5.96. The lowest BCUT2D eigenvalue weighted by atomic mass is 10.1. The smallest absolute Gasteiger partial charge is 0.337 e. The van der Waals surface area contributed by atoms with Gasteiger partial charge >= 0.3 is 5.97 Å². The number of piperazine rings is 1. The number of anilines is 1. The van der Waals surface area contributed by atoms with Crippen molar-refractivity contribution in [3.63, 3.8) is 0 Å². The molecule has 158 valence electrons. The molecule has 1 aliphatic heterocycles. The zero-order valence-corrected chi connectivity index (χ0v) is 17.6. The normalized spacial score (nSPS) is 13.7. The quantitative estimate of drug-likeness (QED) is 0.608. The maximum Gasteiger partial charge on any atom is 0.337 e. The lowest BCUT2D eigenvalue weighted by Gasteiger charge is -2.35. The first-order valence-corrected chi connectivity index (χ1v) is 10.2. The van der Waals surface area contributed by atoms with E-state index < -0.39 is 5.97 Å². The van der Waals surface area contributed by atoms with Crippen LogP contribution in [0.1, 0.15) is 26.3 Å². The number of carbonyl (C=O) groups is 2. The number of aryl methyl sites for hydroxylation is 1. The van der Waals surface area contributed by atoms with Gasteiger partial charge in [-0.15, -0.1) is 10.2 Å². The molecule has 31 heavy (non-hydrogen) atoms. The third-order valence-electron chi connectivity index (χ3n) is 5.52. The lowest BCUT2D eigenvalue weighted by Crippen LogP contribution is -2.49. The molecule has 0 bridgehead atoms. The molecule has 0 atom stereocenters. The number of carbonyl (C=O) groups excluding carboxylic acids is 2. The molecule has 7 heteroatoms. The van der Waals surface area contributed by atoms with E-state index in [2.05, 4.69) is 28.1 Å². The number of aromatic nitrogens is 2. The average Bonchev–Trinajstić information content (AvgIpc) is 2.84. The van der Waals surface area contributed by atoms with Crippen LogP contribution in [0.25, 0.3) is 11.3 Å². The van der Waals surface area contributed by atoms with Crippen molar-refractivity contribution >= 4 is 17.7 Å². The minimum atomic E-state index is -0.415. The summed E-state index contributed by atoms with van der Waals surface area (Å²) in [6.45, 7) is 4.62. The van der Waals surface area contributed by atoms with Gasteiger partial charge in [-0.3, -0.25) is 4.79 Å². The molecule has 0 spiro atoms. The second-order valence-electron chi connectivity index (χ2n) is 7.44. The summed E-state index contributed by atoms with van der Waals surface area (Å²) in [6, 6.07) is 18.6. The van der Waals surface area contributed by atoms with E-state index in [1.165, 1.54) is 7.11 Å². The van der Waals surface area contributed by atoms with Crippen LogP contribution in [0.15, 0.2) is 60.7 Å². The summed E-state index contributed by atoms with van der Waals surface area (Å²) < 4.78 is 4.69. The van der Waals surface area contributed by atoms with E-state index in [0.29, 0.717) is 37.3 Å². The largest absolute Gasteiger partial charge is 0.465 e. The number of nitrogens with zero attached hydrogens (tertiary/aromatic N) is 4. The third-order valence-corrected chi connectivity index (χ3v) is 5.52. The van der Waals surface area contributed by atoms with Crippen LogP contribution in [-0.4, -0.2) is 60.3 Å². The van der Waals surface area contributed by atoms with E-state index in [-0.39, 0.29) is 5.91 Å². The van der Waals surface area contributed by atoms with E-state index in [1.807, 2.05) is 35.2 Å². The van der Waals surface area contributed by atoms with Crippen molar-refractivity contribution in [3.05, 3.63) is 77.4 Å². The van der Waals surface area contributed by atoms with Crippen molar-refractivity contribution in [2.75, 3.05) is 38.2 Å². The SMILES string of the molecule is COC(=O)c1ccc(C(=O)N2CCN(c3ccc(-c4ccccc4C)nn3)CC2)cc1. The summed E-state index contributed by atoms with van der Waals surface area (Å²) in [5.41, 5.74) is 4.08. The van der Waals surface area contributed by atoms with Crippen LogP contribution in [0.3, 0.4) is 0 Å². The molecule has 4 rings (SSSR count). The number of methoxy groups -OCH3 is 1. The predicted octanol–water partition coefficient (Wildman–Crippen LogP) is 3.20. The van der Waals surface area contributed by atoms with Crippen LogP contribution in [-0.2, 0) is 4.74 Å². The topological polar surface area (TPSA) is 75.6 Å². The summed E-state index contributed by atoms with van der Waals surface area (Å²) in [4.78, 5) is 28.3. The summed E-state index contributed by atoms with van der Waals surface area (Å²) in [5.74, 6) is 0.353. The highest BCUT2D eigenvalue weighted by Crippen LogP contribution is 2.22. The zero-order chi connectivity index (χ0) is 21.8. The van der Waals surface area contributed by atoms with Crippen molar-refractivity contribution < 1.29 is 14.3 Å². The first kappa shape index (κ1) is 20.5. The Kier molecular flexibility index (Phi) is 5.93. The monoisotopic (exact) mass is 416 g/mol. The summed E-state index contributed by atoms with van der Waals surface area (Å²) in [6.07, 6.45) is 0. The molecular weight excluding hydrogens is 392 g/mol. The Balaban J connectivity index is 1.38. The van der Waals surface area contributed by atoms with Gasteiger partial charge in [-0.1, -0.05) is 24.3 Å². The number of benzene rings is 2. The van der Waals surface area contributed by atoms with Crippen molar-refractivity contribution in [1.82, 2.24) is 15.1 Å². The fourth-order valence-electron chi connectivity index (χ4n) is 3.69. The van der Waals surface area contributed by atoms with Crippen molar-refractivity contribution in [2.45, 2.75) is 6.92 Å². The van der Waals surface area contributed by atoms with E-state index in [4.69, 9.17) is 4.74 Å². The van der Waals surface area contributed by atoms with Crippen LogP contribution in [0.2, 0.25) is 0 Å². The Labute approximate surface area is 181 Å². The number of hydrogen-bond acceptors (Lipinski definition) is 6. The molecule has 1 aliphatic rings. The number of amides is 1. The molecule has 1 fully saturated rings. The predicted molar refractivity (Wildman–Crippen MR) is 118 cm³/mol. The highest BCUT2D eigenvalue weighted by atomic mass is 16.5. The molecule has 1 amide bonds. The van der Waals surface area contributed by atoms with Gasteiger partial charge in [0.1, 0.15) is 0 Å². The van der Waals surface area contributed by atoms with Gasteiger partial charge < -0.3 is 14.5 Å². The van der Waals surface area contributed by atoms with Crippen LogP contribution in [0.4, 0.5) is 5.82 Å². The van der Waals surface area contributed by atoms with Gasteiger partial charge in [-0.2, -0.15) is 0 Å². The third kappa shape index (κ3) is 4.40. The Morgan fingerprint density at radius 3 is 2.13 bits per heavy atom. The first-order chi connectivity index (χ1) is 15.1. The van der Waals surface area contributed by atoms with Gasteiger partial charge in [0.2, 0.25) is 0 Å². The van der Waals surface area contributed by atoms with Gasteiger partial charge in [0.25, 0.3) is 5.91 Å². The minimum absolute atomic E-state index is 0.0444. The maximum atomic E-state index is 12.8. The van der Waals surface area contributed by atoms with Crippen molar-refractivity contribution in [3.8, 4) is 11.3 Å². The zero-order valence-electron chi connectivity index (χ0n) is 17.6. The standard InChI is InChI=1S/C24H24N4O3/c1-17-5-3-4-6-20(17)21-11-12-22(26-25-21)27-13-15-28(16-14-27)23(29)18-7-9-19(10-8-18)24(30)31-2/h3-12H,13-16H2,1-2H3. The fraction of sp³-hybridized carbons (Fsp3) is 0.250. The molecule has 3 aromatic rings. The summed E-state index contributed by atoms with van der Waals surface area (Å²) in [7, 11) is 1.33. The lowest BCUT2D eigenvalue weighted by molar-refractivity contribution is 0.0599. The van der Waals surface area contributed by atoms with Crippen LogP contribution in [0.5, 0.6) is 0 Å². The van der Waals surface area contributed by atoms with Gasteiger partial charge in [-0.05, 0) is 48.9 Å². The Morgan fingerprint density at radius 2 is 1.52 bits per heavy atom. The number of esters is 1. The molecular formula is C24H24N4O3. The van der Waals surface area contributed by atoms with E-state index in [0.717, 1.165) is 22.6 Å². The van der Waals surface area contributed by atoms with Gasteiger partial charge in [0, 0.05) is 37.3 Å². The highest BCUT2D eigenvalue weighted by Gasteiger charge is 2.23. The van der Waals surface area contributed by atoms with Gasteiger partial charge in [0.15, 0.2) is 5.82 Å². The second kappa shape index (κ2) is 8.95. The van der Waals surface area contributed by atoms with E-state index in [9.17, 15) is 9.59 Å². The second-order valence-corrected chi connectivity index (χ2v) is 7.44. The Bertz CT molecular complexity index is 1070. The minimum Gasteiger partial charge on any atom is -0.465 e. The van der Waals surface area contributed by atoms with E-state index in [1.54, 1.807) is 24.3 Å². The molecule has 1 aromatic heterocycles. The molecule has 0 radical (unpaired) electrons. The van der Waals surface area contributed by atoms with Gasteiger partial charge in [-0.25, -0.2) is 4.79 Å². The molecule has 1 saturated heterocycles. The summed E-state index contributed by atoms with van der Waals surface area (Å²) >= 11 is 0. The van der Waals surface area contributed by atoms with Gasteiger partial charge in [0.05, 0.1) is 18.4 Å². The Hall–Kier alpha value is -3.74. The number of hydrogen-bond donors (Lipinski definition) is 0.